The van der Waals surface area contributed by atoms with Crippen molar-refractivity contribution in [2.75, 3.05) is 11.9 Å². The second-order valence-electron chi connectivity index (χ2n) is 6.62. The molecule has 0 atom stereocenters. The van der Waals surface area contributed by atoms with Crippen LogP contribution in [-0.2, 0) is 0 Å². The molecule has 0 heterocycles. The first-order chi connectivity index (χ1) is 13.1. The zero-order valence-corrected chi connectivity index (χ0v) is 17.2. The maximum atomic E-state index is 5.75. The number of benzene rings is 2. The summed E-state index contributed by atoms with van der Waals surface area (Å²) in [5, 5.41) is 7.83. The molecule has 2 aromatic carbocycles. The van der Waals surface area contributed by atoms with E-state index in [2.05, 4.69) is 47.9 Å². The van der Waals surface area contributed by atoms with E-state index in [0.717, 1.165) is 35.6 Å². The molecule has 0 amide bonds. The molecule has 144 valence electrons. The molecule has 0 fully saturated rings. The highest BCUT2D eigenvalue weighted by Crippen LogP contribution is 2.16. The van der Waals surface area contributed by atoms with Crippen LogP contribution in [0.4, 0.5) is 5.69 Å². The van der Waals surface area contributed by atoms with Crippen molar-refractivity contribution in [3.05, 3.63) is 59.2 Å². The minimum absolute atomic E-state index is 0.465. The Morgan fingerprint density at radius 3 is 2.59 bits per heavy atom. The van der Waals surface area contributed by atoms with Gasteiger partial charge in [-0.2, -0.15) is 5.10 Å². The Morgan fingerprint density at radius 1 is 1.07 bits per heavy atom. The molecule has 0 radical (unpaired) electrons. The molecular formula is C22H29N3OS. The third-order valence-corrected chi connectivity index (χ3v) is 4.36. The molecule has 0 saturated carbocycles. The average Bonchev–Trinajstić information content (AvgIpc) is 2.66. The normalized spacial score (nSPS) is 10.8. The second kappa shape index (κ2) is 11.3. The monoisotopic (exact) mass is 383 g/mol. The number of hydrogen-bond acceptors (Lipinski definition) is 3. The summed E-state index contributed by atoms with van der Waals surface area (Å²) < 4.78 is 5.75. The fraction of sp³-hybridized carbons (Fsp3) is 0.364. The first-order valence-electron chi connectivity index (χ1n) is 9.48. The van der Waals surface area contributed by atoms with Crippen molar-refractivity contribution in [1.82, 2.24) is 5.43 Å². The molecule has 0 aromatic heterocycles. The molecule has 5 heteroatoms. The van der Waals surface area contributed by atoms with Gasteiger partial charge in [0.2, 0.25) is 0 Å². The standard InChI is InChI=1S/C22H29N3OS/c1-4-5-6-7-14-26-20-12-10-19(11-13-20)16-23-25-22(27)24-21-15-17(2)8-9-18(21)3/h8-13,15-16H,4-7,14H2,1-3H3,(H2,24,25,27)/b23-16+. The molecule has 2 aromatic rings. The van der Waals surface area contributed by atoms with Gasteiger partial charge in [-0.15, -0.1) is 0 Å². The highest BCUT2D eigenvalue weighted by Gasteiger charge is 2.01. The van der Waals surface area contributed by atoms with Gasteiger partial charge in [-0.25, -0.2) is 0 Å². The van der Waals surface area contributed by atoms with E-state index in [-0.39, 0.29) is 0 Å². The van der Waals surface area contributed by atoms with E-state index < -0.39 is 0 Å². The summed E-state index contributed by atoms with van der Waals surface area (Å²) in [7, 11) is 0. The van der Waals surface area contributed by atoms with Crippen LogP contribution >= 0.6 is 12.2 Å². The second-order valence-corrected chi connectivity index (χ2v) is 7.03. The Hall–Kier alpha value is -2.40. The van der Waals surface area contributed by atoms with Crippen molar-refractivity contribution in [2.24, 2.45) is 5.10 Å². The van der Waals surface area contributed by atoms with Crippen molar-refractivity contribution < 1.29 is 4.74 Å². The smallest absolute Gasteiger partial charge is 0.191 e. The van der Waals surface area contributed by atoms with E-state index in [1.807, 2.05) is 31.2 Å². The number of hydrazone groups is 1. The van der Waals surface area contributed by atoms with Gasteiger partial charge >= 0.3 is 0 Å². The predicted molar refractivity (Wildman–Crippen MR) is 119 cm³/mol. The molecule has 27 heavy (non-hydrogen) atoms. The van der Waals surface area contributed by atoms with E-state index in [9.17, 15) is 0 Å². The lowest BCUT2D eigenvalue weighted by Gasteiger charge is -2.10. The van der Waals surface area contributed by atoms with Crippen LogP contribution in [0.15, 0.2) is 47.6 Å². The van der Waals surface area contributed by atoms with Crippen molar-refractivity contribution in [3.63, 3.8) is 0 Å². The zero-order valence-electron chi connectivity index (χ0n) is 16.4. The highest BCUT2D eigenvalue weighted by molar-refractivity contribution is 7.80. The number of nitrogens with zero attached hydrogens (tertiary/aromatic N) is 1. The molecule has 0 aliphatic carbocycles. The molecule has 0 saturated heterocycles. The van der Waals surface area contributed by atoms with Crippen LogP contribution in [-0.4, -0.2) is 17.9 Å². The number of hydrogen-bond donors (Lipinski definition) is 2. The number of nitrogens with one attached hydrogen (secondary N) is 2. The number of thiocarbonyl (C=S) groups is 1. The van der Waals surface area contributed by atoms with Gasteiger partial charge in [0.1, 0.15) is 5.75 Å². The molecule has 2 N–H and O–H groups in total. The van der Waals surface area contributed by atoms with Crippen LogP contribution in [0, 0.1) is 13.8 Å². The van der Waals surface area contributed by atoms with E-state index >= 15 is 0 Å². The van der Waals surface area contributed by atoms with Gasteiger partial charge in [0, 0.05) is 5.69 Å². The van der Waals surface area contributed by atoms with Crippen LogP contribution in [0.25, 0.3) is 0 Å². The van der Waals surface area contributed by atoms with Gasteiger partial charge in [0.05, 0.1) is 12.8 Å². The largest absolute Gasteiger partial charge is 0.494 e. The molecule has 0 aliphatic heterocycles. The summed E-state index contributed by atoms with van der Waals surface area (Å²) in [5.74, 6) is 0.892. The highest BCUT2D eigenvalue weighted by atomic mass is 32.1. The number of unbranched alkanes of at least 4 members (excludes halogenated alkanes) is 3. The van der Waals surface area contributed by atoms with E-state index in [1.54, 1.807) is 6.21 Å². The molecule has 4 nitrogen and oxygen atoms in total. The Kier molecular flexibility index (Phi) is 8.78. The minimum Gasteiger partial charge on any atom is -0.494 e. The van der Waals surface area contributed by atoms with Crippen LogP contribution in [0.5, 0.6) is 5.75 Å². The Morgan fingerprint density at radius 2 is 1.85 bits per heavy atom. The molecule has 0 unspecified atom stereocenters. The van der Waals surface area contributed by atoms with Gasteiger partial charge in [0.15, 0.2) is 5.11 Å². The zero-order chi connectivity index (χ0) is 19.5. The van der Waals surface area contributed by atoms with Gasteiger partial charge in [-0.05, 0) is 79.5 Å². The molecule has 2 rings (SSSR count). The first kappa shape index (κ1) is 20.9. The van der Waals surface area contributed by atoms with Crippen LogP contribution in [0.2, 0.25) is 0 Å². The number of ether oxygens (including phenoxy) is 1. The number of rotatable bonds is 9. The van der Waals surface area contributed by atoms with Gasteiger partial charge in [-0.1, -0.05) is 38.3 Å². The van der Waals surface area contributed by atoms with Crippen molar-refractivity contribution in [1.29, 1.82) is 0 Å². The quantitative estimate of drug-likeness (QED) is 0.257. The predicted octanol–water partition coefficient (Wildman–Crippen LogP) is 5.58. The average molecular weight is 384 g/mol. The summed E-state index contributed by atoms with van der Waals surface area (Å²) in [6, 6.07) is 14.1. The lowest BCUT2D eigenvalue weighted by atomic mass is 10.1. The molecule has 0 spiro atoms. The molecule has 0 aliphatic rings. The summed E-state index contributed by atoms with van der Waals surface area (Å²) in [6.07, 6.45) is 6.58. The lowest BCUT2D eigenvalue weighted by molar-refractivity contribution is 0.305. The van der Waals surface area contributed by atoms with Crippen molar-refractivity contribution in [3.8, 4) is 5.75 Å². The van der Waals surface area contributed by atoms with Gasteiger partial charge < -0.3 is 10.1 Å². The SMILES string of the molecule is CCCCCCOc1ccc(/C=N/NC(=S)Nc2cc(C)ccc2C)cc1. The topological polar surface area (TPSA) is 45.6 Å². The maximum absolute atomic E-state index is 5.75. The summed E-state index contributed by atoms with van der Waals surface area (Å²) in [5.41, 5.74) is 7.14. The van der Waals surface area contributed by atoms with E-state index in [4.69, 9.17) is 17.0 Å². The summed E-state index contributed by atoms with van der Waals surface area (Å²) in [6.45, 7) is 7.08. The van der Waals surface area contributed by atoms with E-state index in [0.29, 0.717) is 5.11 Å². The van der Waals surface area contributed by atoms with Crippen LogP contribution in [0.1, 0.15) is 49.3 Å². The maximum Gasteiger partial charge on any atom is 0.191 e. The number of anilines is 1. The van der Waals surface area contributed by atoms with Gasteiger partial charge in [-0.3, -0.25) is 5.43 Å². The van der Waals surface area contributed by atoms with Crippen LogP contribution < -0.4 is 15.5 Å². The lowest BCUT2D eigenvalue weighted by Crippen LogP contribution is -2.24. The number of aryl methyl sites for hydroxylation is 2. The van der Waals surface area contributed by atoms with E-state index in [1.165, 1.54) is 24.8 Å². The molecular weight excluding hydrogens is 354 g/mol. The van der Waals surface area contributed by atoms with Crippen LogP contribution in [0.3, 0.4) is 0 Å². The third kappa shape index (κ3) is 7.79. The summed E-state index contributed by atoms with van der Waals surface area (Å²) >= 11 is 5.30. The van der Waals surface area contributed by atoms with Gasteiger partial charge in [0.25, 0.3) is 0 Å². The van der Waals surface area contributed by atoms with Crippen molar-refractivity contribution >= 4 is 29.2 Å². The fourth-order valence-corrected chi connectivity index (χ4v) is 2.72. The fourth-order valence-electron chi connectivity index (χ4n) is 2.56. The Labute approximate surface area is 168 Å². The third-order valence-electron chi connectivity index (χ3n) is 4.17. The Balaban J connectivity index is 1.76. The summed E-state index contributed by atoms with van der Waals surface area (Å²) in [4.78, 5) is 0. The van der Waals surface area contributed by atoms with Crippen molar-refractivity contribution in [2.45, 2.75) is 46.5 Å². The Bertz CT molecular complexity index is 757. The first-order valence-corrected chi connectivity index (χ1v) is 9.89. The molecule has 0 bridgehead atoms. The minimum atomic E-state index is 0.465.